The largest absolute Gasteiger partial charge is 0.323 e. The normalized spacial score (nSPS) is 10.9. The standard InChI is InChI=1S/C18H14F3N3O2/c1-10-3-2-4-11-17(10)22-9-24(18(11)26)8-7-14(25)23-13-6-5-12(19)15(20)16(13)21/h2-6,9H,7-8H2,1H3,(H,23,25). The molecule has 0 unspecified atom stereocenters. The van der Waals surface area contributed by atoms with Crippen molar-refractivity contribution in [3.63, 3.8) is 0 Å². The summed E-state index contributed by atoms with van der Waals surface area (Å²) < 4.78 is 40.9. The number of anilines is 1. The van der Waals surface area contributed by atoms with Crippen LogP contribution in [0.2, 0.25) is 0 Å². The van der Waals surface area contributed by atoms with Crippen molar-refractivity contribution in [1.82, 2.24) is 9.55 Å². The van der Waals surface area contributed by atoms with E-state index in [9.17, 15) is 22.8 Å². The molecule has 3 rings (SSSR count). The summed E-state index contributed by atoms with van der Waals surface area (Å²) in [5.74, 6) is -5.12. The predicted molar refractivity (Wildman–Crippen MR) is 90.3 cm³/mol. The van der Waals surface area contributed by atoms with Crippen LogP contribution >= 0.6 is 0 Å². The minimum absolute atomic E-state index is 0.00679. The van der Waals surface area contributed by atoms with E-state index in [-0.39, 0.29) is 18.5 Å². The first-order valence-electron chi connectivity index (χ1n) is 7.76. The molecule has 0 radical (unpaired) electrons. The van der Waals surface area contributed by atoms with Gasteiger partial charge in [0, 0.05) is 13.0 Å². The van der Waals surface area contributed by atoms with E-state index in [2.05, 4.69) is 10.3 Å². The fourth-order valence-corrected chi connectivity index (χ4v) is 2.55. The summed E-state index contributed by atoms with van der Waals surface area (Å²) in [7, 11) is 0. The molecule has 0 saturated carbocycles. The molecule has 0 aliphatic heterocycles. The lowest BCUT2D eigenvalue weighted by Gasteiger charge is -2.09. The van der Waals surface area contributed by atoms with E-state index >= 15 is 0 Å². The zero-order valence-electron chi connectivity index (χ0n) is 13.7. The smallest absolute Gasteiger partial charge is 0.261 e. The number of aromatic nitrogens is 2. The number of carbonyl (C=O) groups excluding carboxylic acids is 1. The number of nitrogens with one attached hydrogen (secondary N) is 1. The van der Waals surface area contributed by atoms with E-state index in [1.165, 1.54) is 10.9 Å². The first kappa shape index (κ1) is 17.7. The minimum atomic E-state index is -1.66. The SMILES string of the molecule is Cc1cccc2c(=O)n(CCC(=O)Nc3ccc(F)c(F)c3F)cnc12. The maximum absolute atomic E-state index is 13.6. The van der Waals surface area contributed by atoms with Crippen molar-refractivity contribution in [3.05, 3.63) is 70.0 Å². The van der Waals surface area contributed by atoms with Crippen LogP contribution in [0, 0.1) is 24.4 Å². The first-order valence-corrected chi connectivity index (χ1v) is 7.76. The van der Waals surface area contributed by atoms with Crippen LogP contribution in [0.15, 0.2) is 41.5 Å². The Hall–Kier alpha value is -3.16. The van der Waals surface area contributed by atoms with E-state index in [1.807, 2.05) is 13.0 Å². The van der Waals surface area contributed by atoms with Crippen LogP contribution in [0.1, 0.15) is 12.0 Å². The summed E-state index contributed by atoms with van der Waals surface area (Å²) in [6.45, 7) is 1.84. The van der Waals surface area contributed by atoms with Gasteiger partial charge >= 0.3 is 0 Å². The highest BCUT2D eigenvalue weighted by Crippen LogP contribution is 2.19. The third kappa shape index (κ3) is 3.30. The molecule has 5 nitrogen and oxygen atoms in total. The Morgan fingerprint density at radius 3 is 2.69 bits per heavy atom. The topological polar surface area (TPSA) is 64.0 Å². The van der Waals surface area contributed by atoms with Crippen molar-refractivity contribution in [2.75, 3.05) is 5.32 Å². The highest BCUT2D eigenvalue weighted by atomic mass is 19.2. The number of hydrogen-bond acceptors (Lipinski definition) is 3. The zero-order chi connectivity index (χ0) is 18.8. The second kappa shape index (κ2) is 6.99. The van der Waals surface area contributed by atoms with Gasteiger partial charge in [-0.05, 0) is 30.7 Å². The zero-order valence-corrected chi connectivity index (χ0v) is 13.7. The first-order chi connectivity index (χ1) is 12.4. The number of amides is 1. The van der Waals surface area contributed by atoms with Crippen molar-refractivity contribution in [3.8, 4) is 0 Å². The molecule has 0 fully saturated rings. The van der Waals surface area contributed by atoms with Crippen molar-refractivity contribution >= 4 is 22.5 Å². The van der Waals surface area contributed by atoms with Gasteiger partial charge in [-0.2, -0.15) is 0 Å². The summed E-state index contributed by atoms with van der Waals surface area (Å²) in [6, 6.07) is 6.86. The molecule has 134 valence electrons. The Morgan fingerprint density at radius 2 is 1.92 bits per heavy atom. The Labute approximate surface area is 146 Å². The number of aryl methyl sites for hydroxylation is 2. The maximum Gasteiger partial charge on any atom is 0.261 e. The van der Waals surface area contributed by atoms with Crippen LogP contribution in [0.4, 0.5) is 18.9 Å². The number of halogens is 3. The van der Waals surface area contributed by atoms with E-state index < -0.39 is 29.0 Å². The Balaban J connectivity index is 1.74. The van der Waals surface area contributed by atoms with Crippen LogP contribution in [0.5, 0.6) is 0 Å². The van der Waals surface area contributed by atoms with E-state index in [1.54, 1.807) is 12.1 Å². The van der Waals surface area contributed by atoms with Gasteiger partial charge in [-0.1, -0.05) is 12.1 Å². The maximum atomic E-state index is 13.6. The molecule has 1 heterocycles. The van der Waals surface area contributed by atoms with Crippen molar-refractivity contribution in [1.29, 1.82) is 0 Å². The molecule has 3 aromatic rings. The van der Waals surface area contributed by atoms with Crippen molar-refractivity contribution < 1.29 is 18.0 Å². The highest BCUT2D eigenvalue weighted by Gasteiger charge is 2.15. The number of hydrogen-bond donors (Lipinski definition) is 1. The van der Waals surface area contributed by atoms with Gasteiger partial charge in [0.05, 0.1) is 22.9 Å². The highest BCUT2D eigenvalue weighted by molar-refractivity contribution is 5.90. The Kier molecular flexibility index (Phi) is 4.75. The summed E-state index contributed by atoms with van der Waals surface area (Å²) in [4.78, 5) is 28.6. The van der Waals surface area contributed by atoms with Crippen LogP contribution < -0.4 is 10.9 Å². The van der Waals surface area contributed by atoms with E-state index in [0.717, 1.165) is 11.6 Å². The molecule has 1 N–H and O–H groups in total. The summed E-state index contributed by atoms with van der Waals surface area (Å²) in [6.07, 6.45) is 1.17. The molecular formula is C18H14F3N3O2. The molecule has 2 aromatic carbocycles. The van der Waals surface area contributed by atoms with Crippen LogP contribution in [0.3, 0.4) is 0 Å². The van der Waals surface area contributed by atoms with Crippen LogP contribution in [0.25, 0.3) is 10.9 Å². The van der Waals surface area contributed by atoms with Gasteiger partial charge in [0.15, 0.2) is 17.5 Å². The predicted octanol–water partition coefficient (Wildman–Crippen LogP) is 3.15. The molecule has 0 atom stereocenters. The lowest BCUT2D eigenvalue weighted by molar-refractivity contribution is -0.116. The fourth-order valence-electron chi connectivity index (χ4n) is 2.55. The summed E-state index contributed by atoms with van der Waals surface area (Å²) in [5, 5.41) is 2.59. The second-order valence-corrected chi connectivity index (χ2v) is 5.74. The van der Waals surface area contributed by atoms with E-state index in [0.29, 0.717) is 17.0 Å². The fraction of sp³-hybridized carbons (Fsp3) is 0.167. The second-order valence-electron chi connectivity index (χ2n) is 5.74. The molecule has 1 aromatic heterocycles. The quantitative estimate of drug-likeness (QED) is 0.726. The Bertz CT molecular complexity index is 1060. The third-order valence-corrected chi connectivity index (χ3v) is 3.94. The molecule has 8 heteroatoms. The van der Waals surface area contributed by atoms with Gasteiger partial charge in [-0.3, -0.25) is 14.2 Å². The molecule has 0 aliphatic rings. The number of benzene rings is 2. The molecule has 0 spiro atoms. The monoisotopic (exact) mass is 361 g/mol. The Morgan fingerprint density at radius 1 is 1.15 bits per heavy atom. The van der Waals surface area contributed by atoms with Gasteiger partial charge in [-0.25, -0.2) is 18.2 Å². The van der Waals surface area contributed by atoms with Crippen molar-refractivity contribution in [2.45, 2.75) is 19.9 Å². The van der Waals surface area contributed by atoms with Crippen LogP contribution in [-0.2, 0) is 11.3 Å². The number of rotatable bonds is 4. The van der Waals surface area contributed by atoms with Gasteiger partial charge in [-0.15, -0.1) is 0 Å². The third-order valence-electron chi connectivity index (χ3n) is 3.94. The average molecular weight is 361 g/mol. The van der Waals surface area contributed by atoms with Gasteiger partial charge in [0.2, 0.25) is 5.91 Å². The lowest BCUT2D eigenvalue weighted by atomic mass is 10.1. The van der Waals surface area contributed by atoms with Gasteiger partial charge < -0.3 is 5.32 Å². The molecule has 0 bridgehead atoms. The molecule has 0 saturated heterocycles. The van der Waals surface area contributed by atoms with E-state index in [4.69, 9.17) is 0 Å². The molecular weight excluding hydrogens is 347 g/mol. The summed E-state index contributed by atoms with van der Waals surface area (Å²) in [5.41, 5.74) is 0.680. The number of carbonyl (C=O) groups is 1. The van der Waals surface area contributed by atoms with Gasteiger partial charge in [0.1, 0.15) is 0 Å². The molecule has 26 heavy (non-hydrogen) atoms. The average Bonchev–Trinajstić information content (AvgIpc) is 2.62. The number of para-hydroxylation sites is 1. The number of fused-ring (bicyclic) bond motifs is 1. The number of nitrogens with zero attached hydrogens (tertiary/aromatic N) is 2. The van der Waals surface area contributed by atoms with Gasteiger partial charge in [0.25, 0.3) is 5.56 Å². The molecule has 1 amide bonds. The molecule has 0 aliphatic carbocycles. The van der Waals surface area contributed by atoms with Crippen molar-refractivity contribution in [2.24, 2.45) is 0 Å². The van der Waals surface area contributed by atoms with Crippen LogP contribution in [-0.4, -0.2) is 15.5 Å². The lowest BCUT2D eigenvalue weighted by Crippen LogP contribution is -2.24. The summed E-state index contributed by atoms with van der Waals surface area (Å²) >= 11 is 0. The minimum Gasteiger partial charge on any atom is -0.323 e.